The molecule has 2 aromatic carbocycles. The fraction of sp³-hybridized carbons (Fsp3) is 0.200. The van der Waals surface area contributed by atoms with Crippen molar-refractivity contribution in [1.82, 2.24) is 10.5 Å². The van der Waals surface area contributed by atoms with Crippen LogP contribution in [0.1, 0.15) is 11.3 Å². The molecule has 0 bridgehead atoms. The minimum atomic E-state index is -0.321. The molecular formula is C20H18BrFN2O4. The van der Waals surface area contributed by atoms with E-state index in [1.807, 2.05) is 18.2 Å². The Morgan fingerprint density at radius 3 is 2.75 bits per heavy atom. The van der Waals surface area contributed by atoms with Crippen LogP contribution in [0.4, 0.5) is 4.39 Å². The quantitative estimate of drug-likeness (QED) is 0.561. The highest BCUT2D eigenvalue weighted by Gasteiger charge is 2.10. The molecule has 6 nitrogen and oxygen atoms in total. The molecule has 1 heterocycles. The highest BCUT2D eigenvalue weighted by Crippen LogP contribution is 2.23. The van der Waals surface area contributed by atoms with Crippen molar-refractivity contribution >= 4 is 21.8 Å². The van der Waals surface area contributed by atoms with Gasteiger partial charge in [0.2, 0.25) is 5.91 Å². The zero-order valence-electron chi connectivity index (χ0n) is 15.1. The highest BCUT2D eigenvalue weighted by atomic mass is 79.9. The van der Waals surface area contributed by atoms with Crippen LogP contribution in [0.3, 0.4) is 0 Å². The van der Waals surface area contributed by atoms with E-state index in [4.69, 9.17) is 14.0 Å². The number of amides is 1. The van der Waals surface area contributed by atoms with Crippen molar-refractivity contribution in [3.8, 4) is 17.1 Å². The van der Waals surface area contributed by atoms with Crippen molar-refractivity contribution in [2.45, 2.75) is 13.2 Å². The largest absolute Gasteiger partial charge is 0.496 e. The summed E-state index contributed by atoms with van der Waals surface area (Å²) in [5.74, 6) is 0.618. The second kappa shape index (κ2) is 9.48. The molecule has 0 radical (unpaired) electrons. The van der Waals surface area contributed by atoms with E-state index < -0.39 is 0 Å². The molecule has 0 atom stereocenters. The van der Waals surface area contributed by atoms with E-state index >= 15 is 0 Å². The molecule has 0 saturated heterocycles. The van der Waals surface area contributed by atoms with Crippen LogP contribution in [0.2, 0.25) is 0 Å². The summed E-state index contributed by atoms with van der Waals surface area (Å²) >= 11 is 3.40. The van der Waals surface area contributed by atoms with E-state index in [1.165, 1.54) is 12.1 Å². The number of ether oxygens (including phenoxy) is 2. The first-order chi connectivity index (χ1) is 13.5. The van der Waals surface area contributed by atoms with Gasteiger partial charge in [-0.2, -0.15) is 0 Å². The second-order valence-electron chi connectivity index (χ2n) is 5.92. The molecule has 0 aliphatic carbocycles. The molecule has 0 fully saturated rings. The summed E-state index contributed by atoms with van der Waals surface area (Å²) in [7, 11) is 1.58. The lowest BCUT2D eigenvalue weighted by Gasteiger charge is -2.10. The molecule has 0 saturated carbocycles. The van der Waals surface area contributed by atoms with Gasteiger partial charge >= 0.3 is 0 Å². The normalized spacial score (nSPS) is 10.7. The van der Waals surface area contributed by atoms with Crippen LogP contribution in [0.25, 0.3) is 11.3 Å². The van der Waals surface area contributed by atoms with Crippen molar-refractivity contribution in [2.24, 2.45) is 0 Å². The molecule has 146 valence electrons. The van der Waals surface area contributed by atoms with Crippen molar-refractivity contribution < 1.29 is 23.2 Å². The Kier molecular flexibility index (Phi) is 6.78. The summed E-state index contributed by atoms with van der Waals surface area (Å²) in [6.45, 7) is 0.330. The second-order valence-corrected chi connectivity index (χ2v) is 6.83. The van der Waals surface area contributed by atoms with Gasteiger partial charge in [0, 0.05) is 28.2 Å². The molecule has 0 aliphatic heterocycles. The van der Waals surface area contributed by atoms with E-state index in [1.54, 1.807) is 25.3 Å². The number of halogens is 2. The average molecular weight is 449 g/mol. The molecule has 3 aromatic rings. The van der Waals surface area contributed by atoms with Crippen LogP contribution in [0, 0.1) is 5.82 Å². The van der Waals surface area contributed by atoms with Gasteiger partial charge in [-0.3, -0.25) is 4.79 Å². The molecule has 0 spiro atoms. The smallest absolute Gasteiger partial charge is 0.246 e. The van der Waals surface area contributed by atoms with Gasteiger partial charge in [-0.25, -0.2) is 4.39 Å². The van der Waals surface area contributed by atoms with E-state index in [0.717, 1.165) is 10.0 Å². The van der Waals surface area contributed by atoms with Crippen LogP contribution < -0.4 is 10.1 Å². The summed E-state index contributed by atoms with van der Waals surface area (Å²) in [4.78, 5) is 12.0. The third-order valence-corrected chi connectivity index (χ3v) is 4.38. The Hall–Kier alpha value is -2.71. The maximum Gasteiger partial charge on any atom is 0.246 e. The maximum atomic E-state index is 13.0. The van der Waals surface area contributed by atoms with Crippen LogP contribution in [-0.4, -0.2) is 24.8 Å². The number of aromatic nitrogens is 1. The molecule has 28 heavy (non-hydrogen) atoms. The Labute approximate surface area is 169 Å². The molecule has 8 heteroatoms. The van der Waals surface area contributed by atoms with Gasteiger partial charge in [0.15, 0.2) is 5.76 Å². The molecule has 1 N–H and O–H groups in total. The summed E-state index contributed by atoms with van der Waals surface area (Å²) in [5, 5.41) is 6.67. The molecule has 3 rings (SSSR count). The Morgan fingerprint density at radius 2 is 2.00 bits per heavy atom. The Morgan fingerprint density at radius 1 is 1.21 bits per heavy atom. The summed E-state index contributed by atoms with van der Waals surface area (Å²) < 4.78 is 29.7. The summed E-state index contributed by atoms with van der Waals surface area (Å²) in [5.41, 5.74) is 2.10. The van der Waals surface area contributed by atoms with Gasteiger partial charge in [0.1, 0.15) is 23.9 Å². The van der Waals surface area contributed by atoms with E-state index in [-0.39, 0.29) is 24.9 Å². The van der Waals surface area contributed by atoms with Gasteiger partial charge in [0.05, 0.1) is 13.7 Å². The van der Waals surface area contributed by atoms with Gasteiger partial charge in [-0.05, 0) is 42.5 Å². The zero-order valence-corrected chi connectivity index (χ0v) is 16.7. The molecule has 1 amide bonds. The number of nitrogens with one attached hydrogen (secondary N) is 1. The first-order valence-corrected chi connectivity index (χ1v) is 9.23. The van der Waals surface area contributed by atoms with Crippen molar-refractivity contribution in [3.63, 3.8) is 0 Å². The number of carbonyl (C=O) groups excluding carboxylic acids is 1. The van der Waals surface area contributed by atoms with Gasteiger partial charge in [-0.1, -0.05) is 21.1 Å². The third-order valence-electron chi connectivity index (χ3n) is 3.89. The first kappa shape index (κ1) is 20.0. The molecular weight excluding hydrogens is 431 g/mol. The van der Waals surface area contributed by atoms with Crippen molar-refractivity contribution in [3.05, 3.63) is 70.1 Å². The van der Waals surface area contributed by atoms with Crippen molar-refractivity contribution in [2.75, 3.05) is 13.7 Å². The molecule has 0 unspecified atom stereocenters. The SMILES string of the molecule is COc1ccc(Br)cc1CNC(=O)COCc1cc(-c2ccc(F)cc2)on1. The lowest BCUT2D eigenvalue weighted by Crippen LogP contribution is -2.27. The zero-order chi connectivity index (χ0) is 19.9. The number of benzene rings is 2. The number of hydrogen-bond acceptors (Lipinski definition) is 5. The predicted molar refractivity (Wildman–Crippen MR) is 104 cm³/mol. The summed E-state index contributed by atoms with van der Waals surface area (Å²) in [6.07, 6.45) is 0. The Balaban J connectivity index is 1.46. The number of nitrogens with zero attached hydrogens (tertiary/aromatic N) is 1. The summed E-state index contributed by atoms with van der Waals surface area (Å²) in [6, 6.07) is 13.2. The number of hydrogen-bond donors (Lipinski definition) is 1. The van der Waals surface area contributed by atoms with Crippen LogP contribution >= 0.6 is 15.9 Å². The van der Waals surface area contributed by atoms with Gasteiger partial charge in [-0.15, -0.1) is 0 Å². The van der Waals surface area contributed by atoms with Gasteiger partial charge < -0.3 is 19.3 Å². The van der Waals surface area contributed by atoms with E-state index in [0.29, 0.717) is 29.3 Å². The van der Waals surface area contributed by atoms with E-state index in [2.05, 4.69) is 26.4 Å². The highest BCUT2D eigenvalue weighted by molar-refractivity contribution is 9.10. The average Bonchev–Trinajstić information content (AvgIpc) is 3.16. The standard InChI is InChI=1S/C20H18BrFN2O4/c1-26-18-7-4-15(21)8-14(18)10-23-20(25)12-27-11-17-9-19(28-24-17)13-2-5-16(22)6-3-13/h2-9H,10-12H2,1H3,(H,23,25). The minimum Gasteiger partial charge on any atom is -0.496 e. The van der Waals surface area contributed by atoms with E-state index in [9.17, 15) is 9.18 Å². The number of rotatable bonds is 8. The molecule has 1 aromatic heterocycles. The lowest BCUT2D eigenvalue weighted by atomic mass is 10.1. The maximum absolute atomic E-state index is 13.0. The fourth-order valence-corrected chi connectivity index (χ4v) is 2.92. The minimum absolute atomic E-state index is 0.116. The monoisotopic (exact) mass is 448 g/mol. The fourth-order valence-electron chi connectivity index (χ4n) is 2.51. The number of methoxy groups -OCH3 is 1. The first-order valence-electron chi connectivity index (χ1n) is 8.43. The lowest BCUT2D eigenvalue weighted by molar-refractivity contribution is -0.126. The van der Waals surface area contributed by atoms with Gasteiger partial charge in [0.25, 0.3) is 0 Å². The Bertz CT molecular complexity index is 944. The molecule has 0 aliphatic rings. The van der Waals surface area contributed by atoms with Crippen LogP contribution in [0.5, 0.6) is 5.75 Å². The number of carbonyl (C=O) groups is 1. The van der Waals surface area contributed by atoms with Crippen molar-refractivity contribution in [1.29, 1.82) is 0 Å². The third kappa shape index (κ3) is 5.40. The van der Waals surface area contributed by atoms with Crippen LogP contribution in [-0.2, 0) is 22.7 Å². The topological polar surface area (TPSA) is 73.6 Å². The van der Waals surface area contributed by atoms with Crippen LogP contribution in [0.15, 0.2) is 57.5 Å². The predicted octanol–water partition coefficient (Wildman–Crippen LogP) is 4.08.